The zero-order chi connectivity index (χ0) is 24.2. The number of methoxy groups -OCH3 is 1. The summed E-state index contributed by atoms with van der Waals surface area (Å²) in [6.07, 6.45) is 6.34. The number of piperidine rings is 1. The number of aryl methyl sites for hydroxylation is 1. The summed E-state index contributed by atoms with van der Waals surface area (Å²) in [6.45, 7) is 2.66. The van der Waals surface area contributed by atoms with Gasteiger partial charge in [0.2, 0.25) is 5.88 Å². The number of amides is 2. The minimum absolute atomic E-state index is 0.119. The molecule has 0 saturated carbocycles. The number of carbonyl (C=O) groups excluding carboxylic acids is 1. The quantitative estimate of drug-likeness (QED) is 0.537. The summed E-state index contributed by atoms with van der Waals surface area (Å²) in [5.74, 6) is 0.471. The summed E-state index contributed by atoms with van der Waals surface area (Å²) < 4.78 is 35.4. The molecule has 1 aliphatic carbocycles. The van der Waals surface area contributed by atoms with Gasteiger partial charge in [0.05, 0.1) is 29.4 Å². The zero-order valence-corrected chi connectivity index (χ0v) is 20.9. The van der Waals surface area contributed by atoms with E-state index in [4.69, 9.17) is 4.74 Å². The first-order chi connectivity index (χ1) is 16.9. The zero-order valence-electron chi connectivity index (χ0n) is 19.3. The van der Waals surface area contributed by atoms with Gasteiger partial charge >= 0.3 is 6.03 Å². The number of hydrogen-bond acceptors (Lipinski definition) is 8. The minimum Gasteiger partial charge on any atom is -0.481 e. The minimum atomic E-state index is -4.13. The van der Waals surface area contributed by atoms with Crippen molar-refractivity contribution in [3.63, 3.8) is 0 Å². The summed E-state index contributed by atoms with van der Waals surface area (Å²) in [4.78, 5) is 21.5. The summed E-state index contributed by atoms with van der Waals surface area (Å²) >= 11 is 1.61. The van der Waals surface area contributed by atoms with Crippen molar-refractivity contribution < 1.29 is 17.9 Å². The molecule has 0 atom stereocenters. The first-order valence-corrected chi connectivity index (χ1v) is 14.0. The number of aromatic nitrogens is 3. The predicted octanol–water partition coefficient (Wildman–Crippen LogP) is 3.16. The van der Waals surface area contributed by atoms with Gasteiger partial charge in [-0.15, -0.1) is 11.3 Å². The van der Waals surface area contributed by atoms with Crippen molar-refractivity contribution in [2.45, 2.75) is 49.7 Å². The first kappa shape index (κ1) is 22.5. The standard InChI is InChI=1S/C23H26N6O4S2/c1-33-19-11-14(5-8-24-19)22-21(17-3-2-4-18(17)34-22)25-23(30)27-35(31,32)20-12-16-13-28-9-6-15(7-10-28)29(16)26-20/h5,8,11-12,15H,2-4,6-7,9-10,13H2,1H3,(H2,25,27,30). The second kappa shape index (κ2) is 8.61. The van der Waals surface area contributed by atoms with Gasteiger partial charge in [-0.3, -0.25) is 9.58 Å². The summed E-state index contributed by atoms with van der Waals surface area (Å²) in [6, 6.07) is 4.65. The van der Waals surface area contributed by atoms with E-state index >= 15 is 0 Å². The maximum Gasteiger partial charge on any atom is 0.333 e. The molecule has 2 N–H and O–H groups in total. The maximum absolute atomic E-state index is 13.1. The maximum atomic E-state index is 13.1. The fourth-order valence-corrected chi connectivity index (χ4v) is 7.47. The van der Waals surface area contributed by atoms with Crippen LogP contribution in [0.3, 0.4) is 0 Å². The molecule has 0 aromatic carbocycles. The van der Waals surface area contributed by atoms with Gasteiger partial charge < -0.3 is 10.1 Å². The fourth-order valence-electron chi connectivity index (χ4n) is 5.24. The SMILES string of the molecule is COc1cc(-c2sc3c(c2NC(=O)NS(=O)(=O)c2cc4n(n2)C2CCN(CC2)C4)CCC3)ccn1. The van der Waals surface area contributed by atoms with Gasteiger partial charge in [0.25, 0.3) is 10.0 Å². The van der Waals surface area contributed by atoms with Crippen LogP contribution in [0.4, 0.5) is 10.5 Å². The molecule has 7 rings (SSSR count). The molecule has 184 valence electrons. The average molecular weight is 515 g/mol. The monoisotopic (exact) mass is 514 g/mol. The van der Waals surface area contributed by atoms with E-state index in [1.165, 1.54) is 4.88 Å². The van der Waals surface area contributed by atoms with Crippen molar-refractivity contribution in [1.29, 1.82) is 0 Å². The molecule has 3 aromatic rings. The van der Waals surface area contributed by atoms with Crippen LogP contribution < -0.4 is 14.8 Å². The Morgan fingerprint density at radius 2 is 2.06 bits per heavy atom. The highest BCUT2D eigenvalue weighted by Crippen LogP contribution is 2.45. The highest BCUT2D eigenvalue weighted by molar-refractivity contribution is 7.90. The van der Waals surface area contributed by atoms with Crippen LogP contribution in [0.2, 0.25) is 0 Å². The molecule has 0 spiro atoms. The Labute approximate surface area is 207 Å². The van der Waals surface area contributed by atoms with Gasteiger partial charge in [-0.05, 0) is 43.7 Å². The van der Waals surface area contributed by atoms with E-state index in [1.807, 2.05) is 16.8 Å². The molecule has 2 bridgehead atoms. The summed E-state index contributed by atoms with van der Waals surface area (Å²) in [5.41, 5.74) is 3.44. The lowest BCUT2D eigenvalue weighted by Crippen LogP contribution is -2.35. The van der Waals surface area contributed by atoms with Gasteiger partial charge in [0.1, 0.15) is 0 Å². The van der Waals surface area contributed by atoms with Crippen LogP contribution in [0.25, 0.3) is 10.4 Å². The van der Waals surface area contributed by atoms with Crippen LogP contribution >= 0.6 is 11.3 Å². The molecule has 3 aliphatic heterocycles. The Morgan fingerprint density at radius 3 is 2.86 bits per heavy atom. The van der Waals surface area contributed by atoms with E-state index < -0.39 is 16.1 Å². The number of carbonyl (C=O) groups is 1. The molecular weight excluding hydrogens is 488 g/mol. The number of ether oxygens (including phenoxy) is 1. The molecule has 4 aliphatic rings. The molecule has 10 nitrogen and oxygen atoms in total. The Kier molecular flexibility index (Phi) is 5.53. The number of pyridine rings is 1. The number of anilines is 1. The van der Waals surface area contributed by atoms with Gasteiger partial charge in [0, 0.05) is 48.4 Å². The lowest BCUT2D eigenvalue weighted by atomic mass is 10.1. The number of nitrogens with zero attached hydrogens (tertiary/aromatic N) is 4. The first-order valence-electron chi connectivity index (χ1n) is 11.7. The molecular formula is C23H26N6O4S2. The third kappa shape index (κ3) is 4.09. The highest BCUT2D eigenvalue weighted by Gasteiger charge is 2.32. The topological polar surface area (TPSA) is 118 Å². The molecule has 1 fully saturated rings. The van der Waals surface area contributed by atoms with E-state index in [0.29, 0.717) is 18.1 Å². The van der Waals surface area contributed by atoms with Crippen LogP contribution in [-0.2, 0) is 29.4 Å². The summed E-state index contributed by atoms with van der Waals surface area (Å²) in [7, 11) is -2.58. The highest BCUT2D eigenvalue weighted by atomic mass is 32.2. The lowest BCUT2D eigenvalue weighted by molar-refractivity contribution is 0.204. The number of hydrogen-bond donors (Lipinski definition) is 2. The van der Waals surface area contributed by atoms with E-state index in [1.54, 1.807) is 30.7 Å². The second-order valence-corrected chi connectivity index (χ2v) is 11.9. The van der Waals surface area contributed by atoms with Gasteiger partial charge in [0.15, 0.2) is 5.03 Å². The number of sulfonamides is 1. The number of thiophene rings is 1. The van der Waals surface area contributed by atoms with Crippen LogP contribution in [0.15, 0.2) is 29.4 Å². The normalized spacial score (nSPS) is 20.7. The second-order valence-electron chi connectivity index (χ2n) is 9.13. The molecule has 0 unspecified atom stereocenters. The van der Waals surface area contributed by atoms with Crippen molar-refractivity contribution >= 4 is 33.1 Å². The van der Waals surface area contributed by atoms with Crippen LogP contribution in [-0.4, -0.2) is 54.3 Å². The van der Waals surface area contributed by atoms with E-state index in [-0.39, 0.29) is 11.1 Å². The Hall–Kier alpha value is -2.96. The number of urea groups is 1. The Bertz CT molecular complexity index is 1410. The molecule has 3 aromatic heterocycles. The van der Waals surface area contributed by atoms with Crippen molar-refractivity contribution in [2.24, 2.45) is 0 Å². The molecule has 12 heteroatoms. The third-order valence-corrected chi connectivity index (χ3v) is 9.49. The van der Waals surface area contributed by atoms with Crippen molar-refractivity contribution in [1.82, 2.24) is 24.4 Å². The number of nitrogens with one attached hydrogen (secondary N) is 2. The fraction of sp³-hybridized carbons (Fsp3) is 0.435. The van der Waals surface area contributed by atoms with Crippen molar-refractivity contribution in [3.8, 4) is 16.3 Å². The number of rotatable bonds is 5. The van der Waals surface area contributed by atoms with Gasteiger partial charge in [-0.1, -0.05) is 0 Å². The smallest absolute Gasteiger partial charge is 0.333 e. The number of fused-ring (bicyclic) bond motifs is 3. The molecule has 2 amide bonds. The van der Waals surface area contributed by atoms with Gasteiger partial charge in [-0.2, -0.15) is 13.5 Å². The van der Waals surface area contributed by atoms with Gasteiger partial charge in [-0.25, -0.2) is 14.5 Å². The summed E-state index contributed by atoms with van der Waals surface area (Å²) in [5, 5.41) is 7.10. The lowest BCUT2D eigenvalue weighted by Gasteiger charge is -2.26. The van der Waals surface area contributed by atoms with Crippen LogP contribution in [0.5, 0.6) is 5.88 Å². The molecule has 0 radical (unpaired) electrons. The van der Waals surface area contributed by atoms with Crippen LogP contribution in [0, 0.1) is 0 Å². The largest absolute Gasteiger partial charge is 0.481 e. The average Bonchev–Trinajstić information content (AvgIpc) is 3.52. The Morgan fingerprint density at radius 1 is 1.23 bits per heavy atom. The molecule has 1 saturated heterocycles. The van der Waals surface area contributed by atoms with E-state index in [2.05, 4.69) is 25.0 Å². The molecule has 35 heavy (non-hydrogen) atoms. The van der Waals surface area contributed by atoms with Crippen molar-refractivity contribution in [2.75, 3.05) is 25.5 Å². The van der Waals surface area contributed by atoms with Crippen LogP contribution in [0.1, 0.15) is 41.4 Å². The predicted molar refractivity (Wildman–Crippen MR) is 131 cm³/mol. The van der Waals surface area contributed by atoms with E-state index in [0.717, 1.165) is 66.9 Å². The molecule has 6 heterocycles. The third-order valence-electron chi connectivity index (χ3n) is 6.95. The Balaban J connectivity index is 1.26. The van der Waals surface area contributed by atoms with Crippen molar-refractivity contribution in [3.05, 3.63) is 40.5 Å². The van der Waals surface area contributed by atoms with E-state index in [9.17, 15) is 13.2 Å².